The molecule has 0 aromatic heterocycles. The van der Waals surface area contributed by atoms with Crippen molar-refractivity contribution in [2.75, 3.05) is 19.6 Å². The van der Waals surface area contributed by atoms with Gasteiger partial charge in [0.1, 0.15) is 0 Å². The zero-order valence-corrected chi connectivity index (χ0v) is 14.0. The maximum absolute atomic E-state index is 12.0. The first-order valence-electron chi connectivity index (χ1n) is 8.44. The van der Waals surface area contributed by atoms with Crippen LogP contribution in [0.3, 0.4) is 0 Å². The van der Waals surface area contributed by atoms with E-state index in [0.29, 0.717) is 12.1 Å². The first kappa shape index (κ1) is 16.9. The van der Waals surface area contributed by atoms with Crippen molar-refractivity contribution in [2.45, 2.75) is 6.42 Å². The standard InChI is InChI=1S/C20H21N3O2/c24-19(21-22-20(25)18-9-5-2-6-10-18)15-23-13-11-17(12-14-23)16-7-3-1-4-8-16/h1-11H,12-15H2,(H,21,24)(H,22,25)/p+1. The van der Waals surface area contributed by atoms with Crippen molar-refractivity contribution in [3.8, 4) is 0 Å². The third kappa shape index (κ3) is 4.78. The highest BCUT2D eigenvalue weighted by molar-refractivity contribution is 5.95. The highest BCUT2D eigenvalue weighted by Crippen LogP contribution is 2.17. The van der Waals surface area contributed by atoms with E-state index in [4.69, 9.17) is 0 Å². The van der Waals surface area contributed by atoms with Crippen molar-refractivity contribution in [3.63, 3.8) is 0 Å². The number of hydrogen-bond acceptors (Lipinski definition) is 2. The first-order chi connectivity index (χ1) is 12.2. The van der Waals surface area contributed by atoms with E-state index in [2.05, 4.69) is 29.1 Å². The van der Waals surface area contributed by atoms with Crippen LogP contribution in [0.15, 0.2) is 66.7 Å². The van der Waals surface area contributed by atoms with Crippen LogP contribution < -0.4 is 15.8 Å². The van der Waals surface area contributed by atoms with Gasteiger partial charge in [-0.05, 0) is 29.3 Å². The Labute approximate surface area is 147 Å². The van der Waals surface area contributed by atoms with E-state index >= 15 is 0 Å². The smallest absolute Gasteiger partial charge is 0.293 e. The molecule has 5 nitrogen and oxygen atoms in total. The summed E-state index contributed by atoms with van der Waals surface area (Å²) in [6.45, 7) is 2.05. The molecule has 2 aromatic rings. The zero-order valence-electron chi connectivity index (χ0n) is 14.0. The molecule has 1 unspecified atom stereocenters. The van der Waals surface area contributed by atoms with Crippen LogP contribution >= 0.6 is 0 Å². The van der Waals surface area contributed by atoms with Crippen LogP contribution in [0.2, 0.25) is 0 Å². The van der Waals surface area contributed by atoms with Gasteiger partial charge in [-0.2, -0.15) is 0 Å². The van der Waals surface area contributed by atoms with Crippen molar-refractivity contribution in [1.82, 2.24) is 10.9 Å². The number of rotatable bonds is 4. The molecular weight excluding hydrogens is 314 g/mol. The van der Waals surface area contributed by atoms with Gasteiger partial charge in [-0.3, -0.25) is 20.4 Å². The number of nitrogens with one attached hydrogen (secondary N) is 3. The van der Waals surface area contributed by atoms with Crippen LogP contribution in [0.25, 0.3) is 5.57 Å². The Morgan fingerprint density at radius 1 is 0.920 bits per heavy atom. The number of carbonyl (C=O) groups excluding carboxylic acids is 2. The number of carbonyl (C=O) groups is 2. The number of amides is 2. The van der Waals surface area contributed by atoms with Crippen LogP contribution in [-0.2, 0) is 4.79 Å². The number of hydrazine groups is 1. The fraction of sp³-hybridized carbons (Fsp3) is 0.200. The van der Waals surface area contributed by atoms with Crippen molar-refractivity contribution in [3.05, 3.63) is 77.9 Å². The summed E-state index contributed by atoms with van der Waals surface area (Å²) in [6, 6.07) is 19.1. The fourth-order valence-corrected chi connectivity index (χ4v) is 2.92. The molecule has 0 bridgehead atoms. The summed E-state index contributed by atoms with van der Waals surface area (Å²) >= 11 is 0. The van der Waals surface area contributed by atoms with E-state index in [1.165, 1.54) is 16.0 Å². The van der Waals surface area contributed by atoms with Gasteiger partial charge in [0.05, 0.1) is 13.1 Å². The topological polar surface area (TPSA) is 62.6 Å². The van der Waals surface area contributed by atoms with E-state index in [9.17, 15) is 9.59 Å². The minimum Gasteiger partial charge on any atom is -0.324 e. The lowest BCUT2D eigenvalue weighted by Gasteiger charge is -2.23. The average molecular weight is 336 g/mol. The minimum atomic E-state index is -0.311. The molecule has 0 spiro atoms. The molecule has 3 N–H and O–H groups in total. The summed E-state index contributed by atoms with van der Waals surface area (Å²) in [5.41, 5.74) is 8.05. The first-order valence-corrected chi connectivity index (χ1v) is 8.44. The van der Waals surface area contributed by atoms with Gasteiger partial charge in [0.15, 0.2) is 6.54 Å². The molecular formula is C20H22N3O2+. The van der Waals surface area contributed by atoms with E-state index in [0.717, 1.165) is 19.5 Å². The predicted octanol–water partition coefficient (Wildman–Crippen LogP) is 0.820. The molecule has 0 saturated carbocycles. The highest BCUT2D eigenvalue weighted by Gasteiger charge is 2.19. The van der Waals surface area contributed by atoms with E-state index in [1.54, 1.807) is 24.3 Å². The van der Waals surface area contributed by atoms with E-state index < -0.39 is 0 Å². The molecule has 1 heterocycles. The van der Waals surface area contributed by atoms with Crippen LogP contribution in [0, 0.1) is 0 Å². The number of benzene rings is 2. The SMILES string of the molecule is O=C(C[NH+]1CC=C(c2ccccc2)CC1)NNC(=O)c1ccccc1. The van der Waals surface area contributed by atoms with E-state index in [-0.39, 0.29) is 11.8 Å². The van der Waals surface area contributed by atoms with Crippen LogP contribution in [0.1, 0.15) is 22.3 Å². The monoisotopic (exact) mass is 336 g/mol. The summed E-state index contributed by atoms with van der Waals surface area (Å²) in [7, 11) is 0. The zero-order chi connectivity index (χ0) is 17.5. The van der Waals surface area contributed by atoms with Gasteiger partial charge >= 0.3 is 0 Å². The molecule has 5 heteroatoms. The molecule has 0 radical (unpaired) electrons. The number of quaternary nitrogens is 1. The molecule has 1 aliphatic heterocycles. The molecule has 1 aliphatic rings. The Hall–Kier alpha value is -2.92. The second-order valence-electron chi connectivity index (χ2n) is 6.09. The molecule has 2 amide bonds. The van der Waals surface area contributed by atoms with Crippen molar-refractivity contribution >= 4 is 17.4 Å². The Balaban J connectivity index is 1.45. The molecule has 25 heavy (non-hydrogen) atoms. The normalized spacial score (nSPS) is 16.6. The van der Waals surface area contributed by atoms with Crippen molar-refractivity contribution < 1.29 is 14.5 Å². The van der Waals surface area contributed by atoms with Gasteiger partial charge in [-0.15, -0.1) is 0 Å². The van der Waals surface area contributed by atoms with Gasteiger partial charge in [0, 0.05) is 12.0 Å². The maximum Gasteiger partial charge on any atom is 0.293 e. The molecule has 1 atom stereocenters. The van der Waals surface area contributed by atoms with Crippen LogP contribution in [-0.4, -0.2) is 31.4 Å². The Morgan fingerprint density at radius 3 is 2.24 bits per heavy atom. The Morgan fingerprint density at radius 2 is 1.60 bits per heavy atom. The molecule has 0 aliphatic carbocycles. The Bertz CT molecular complexity index is 757. The largest absolute Gasteiger partial charge is 0.324 e. The second kappa shape index (κ2) is 8.26. The predicted molar refractivity (Wildman–Crippen MR) is 96.7 cm³/mol. The fourth-order valence-electron chi connectivity index (χ4n) is 2.92. The summed E-state index contributed by atoms with van der Waals surface area (Å²) < 4.78 is 0. The molecule has 2 aromatic carbocycles. The third-order valence-electron chi connectivity index (χ3n) is 4.29. The highest BCUT2D eigenvalue weighted by atomic mass is 16.2. The van der Waals surface area contributed by atoms with Crippen molar-refractivity contribution in [2.24, 2.45) is 0 Å². The lowest BCUT2D eigenvalue weighted by atomic mass is 10.00. The summed E-state index contributed by atoms with van der Waals surface area (Å²) in [5, 5.41) is 0. The number of hydrogen-bond donors (Lipinski definition) is 3. The summed E-state index contributed by atoms with van der Waals surface area (Å²) in [4.78, 5) is 25.1. The van der Waals surface area contributed by atoms with Gasteiger partial charge < -0.3 is 4.90 Å². The van der Waals surface area contributed by atoms with Crippen LogP contribution in [0.5, 0.6) is 0 Å². The molecule has 0 saturated heterocycles. The van der Waals surface area contributed by atoms with Gasteiger partial charge in [-0.1, -0.05) is 48.5 Å². The summed E-state index contributed by atoms with van der Waals surface area (Å²) in [6.07, 6.45) is 3.15. The van der Waals surface area contributed by atoms with Gasteiger partial charge in [-0.25, -0.2) is 0 Å². The van der Waals surface area contributed by atoms with Crippen LogP contribution in [0.4, 0.5) is 0 Å². The summed E-state index contributed by atoms with van der Waals surface area (Å²) in [5.74, 6) is -0.496. The molecule has 0 fully saturated rings. The molecule has 3 rings (SSSR count). The van der Waals surface area contributed by atoms with E-state index in [1.807, 2.05) is 24.3 Å². The van der Waals surface area contributed by atoms with Crippen molar-refractivity contribution in [1.29, 1.82) is 0 Å². The van der Waals surface area contributed by atoms with Gasteiger partial charge in [0.25, 0.3) is 11.8 Å². The quantitative estimate of drug-likeness (QED) is 0.724. The lowest BCUT2D eigenvalue weighted by Crippen LogP contribution is -3.13. The minimum absolute atomic E-state index is 0.184. The lowest BCUT2D eigenvalue weighted by molar-refractivity contribution is -0.886. The average Bonchev–Trinajstić information content (AvgIpc) is 2.68. The van der Waals surface area contributed by atoms with Gasteiger partial charge in [0.2, 0.25) is 0 Å². The maximum atomic E-state index is 12.0. The third-order valence-corrected chi connectivity index (χ3v) is 4.29. The second-order valence-corrected chi connectivity index (χ2v) is 6.09. The molecule has 128 valence electrons. The Kier molecular flexibility index (Phi) is 5.59.